The normalized spacial score (nSPS) is 11.5. The zero-order valence-electron chi connectivity index (χ0n) is 8.18. The summed E-state index contributed by atoms with van der Waals surface area (Å²) in [5.41, 5.74) is 1.42. The molecular weight excluding hydrogens is 227 g/mol. The summed E-state index contributed by atoms with van der Waals surface area (Å²) in [6.45, 7) is -0.951. The Labute approximate surface area is 91.5 Å². The highest BCUT2D eigenvalue weighted by Crippen LogP contribution is 2.21. The van der Waals surface area contributed by atoms with E-state index in [-0.39, 0.29) is 0 Å². The van der Waals surface area contributed by atoms with Crippen molar-refractivity contribution in [2.45, 2.75) is 12.1 Å². The van der Waals surface area contributed by atoms with Gasteiger partial charge in [0.1, 0.15) is 6.54 Å². The maximum atomic E-state index is 12.1. The molecule has 0 N–H and O–H groups in total. The molecular formula is C10H11ClF3N. The van der Waals surface area contributed by atoms with Crippen LogP contribution >= 0.6 is 11.6 Å². The van der Waals surface area contributed by atoms with Crippen molar-refractivity contribution in [1.29, 1.82) is 0 Å². The maximum Gasteiger partial charge on any atom is 0.405 e. The van der Waals surface area contributed by atoms with E-state index >= 15 is 0 Å². The van der Waals surface area contributed by atoms with Crippen LogP contribution in [-0.2, 0) is 5.88 Å². The highest BCUT2D eigenvalue weighted by atomic mass is 35.5. The van der Waals surface area contributed by atoms with Gasteiger partial charge < -0.3 is 4.90 Å². The first-order chi connectivity index (χ1) is 6.92. The van der Waals surface area contributed by atoms with E-state index in [2.05, 4.69) is 0 Å². The third-order valence-corrected chi connectivity index (χ3v) is 2.26. The number of anilines is 1. The van der Waals surface area contributed by atoms with Crippen LogP contribution in [0.2, 0.25) is 0 Å². The van der Waals surface area contributed by atoms with Crippen molar-refractivity contribution in [2.24, 2.45) is 0 Å². The van der Waals surface area contributed by atoms with E-state index in [0.29, 0.717) is 11.6 Å². The molecule has 0 saturated carbocycles. The number of hydrogen-bond acceptors (Lipinski definition) is 1. The molecule has 1 aromatic carbocycles. The fourth-order valence-electron chi connectivity index (χ4n) is 1.20. The quantitative estimate of drug-likeness (QED) is 0.728. The summed E-state index contributed by atoms with van der Waals surface area (Å²) in [4.78, 5) is 1.15. The summed E-state index contributed by atoms with van der Waals surface area (Å²) in [5, 5.41) is 0. The van der Waals surface area contributed by atoms with E-state index in [9.17, 15) is 13.2 Å². The third-order valence-electron chi connectivity index (χ3n) is 1.95. The average molecular weight is 238 g/mol. The lowest BCUT2D eigenvalue weighted by Crippen LogP contribution is -2.30. The van der Waals surface area contributed by atoms with Crippen molar-refractivity contribution in [3.05, 3.63) is 29.8 Å². The Kier molecular flexibility index (Phi) is 3.85. The van der Waals surface area contributed by atoms with Gasteiger partial charge in [-0.15, -0.1) is 11.6 Å². The number of hydrogen-bond donors (Lipinski definition) is 0. The fourth-order valence-corrected chi connectivity index (χ4v) is 1.38. The number of nitrogens with zero attached hydrogens (tertiary/aromatic N) is 1. The first-order valence-corrected chi connectivity index (χ1v) is 4.88. The van der Waals surface area contributed by atoms with Gasteiger partial charge in [0, 0.05) is 18.6 Å². The van der Waals surface area contributed by atoms with Crippen LogP contribution in [0.5, 0.6) is 0 Å². The zero-order chi connectivity index (χ0) is 11.5. The second-order valence-electron chi connectivity index (χ2n) is 3.27. The molecule has 0 heterocycles. The van der Waals surface area contributed by atoms with Crippen LogP contribution in [0, 0.1) is 0 Å². The van der Waals surface area contributed by atoms with Crippen LogP contribution in [0.15, 0.2) is 24.3 Å². The summed E-state index contributed by atoms with van der Waals surface area (Å²) in [6, 6.07) is 6.69. The summed E-state index contributed by atoms with van der Waals surface area (Å²) in [6.07, 6.45) is -4.18. The molecule has 0 spiro atoms. The molecule has 1 nitrogen and oxygen atoms in total. The molecule has 0 aromatic heterocycles. The minimum Gasteiger partial charge on any atom is -0.366 e. The highest BCUT2D eigenvalue weighted by molar-refractivity contribution is 6.17. The van der Waals surface area contributed by atoms with Crippen LogP contribution < -0.4 is 4.90 Å². The molecule has 0 aliphatic rings. The molecule has 0 amide bonds. The van der Waals surface area contributed by atoms with Crippen LogP contribution in [0.4, 0.5) is 18.9 Å². The summed E-state index contributed by atoms with van der Waals surface area (Å²) in [7, 11) is 1.41. The molecule has 0 bridgehead atoms. The summed E-state index contributed by atoms with van der Waals surface area (Å²) >= 11 is 5.57. The molecule has 0 saturated heterocycles. The van der Waals surface area contributed by atoms with Crippen LogP contribution in [-0.4, -0.2) is 19.8 Å². The Morgan fingerprint density at radius 2 is 1.73 bits per heavy atom. The second kappa shape index (κ2) is 4.75. The van der Waals surface area contributed by atoms with Gasteiger partial charge in [0.25, 0.3) is 0 Å². The average Bonchev–Trinajstić information content (AvgIpc) is 2.15. The van der Waals surface area contributed by atoms with Gasteiger partial charge in [-0.1, -0.05) is 12.1 Å². The van der Waals surface area contributed by atoms with Crippen molar-refractivity contribution in [3.8, 4) is 0 Å². The number of rotatable bonds is 3. The number of benzene rings is 1. The van der Waals surface area contributed by atoms with Gasteiger partial charge in [0.2, 0.25) is 0 Å². The second-order valence-corrected chi connectivity index (χ2v) is 3.54. The summed E-state index contributed by atoms with van der Waals surface area (Å²) in [5.74, 6) is 0.364. The minimum atomic E-state index is -4.18. The van der Waals surface area contributed by atoms with Gasteiger partial charge in [-0.05, 0) is 17.7 Å². The van der Waals surface area contributed by atoms with Crippen LogP contribution in [0.25, 0.3) is 0 Å². The van der Waals surface area contributed by atoms with E-state index in [1.54, 1.807) is 24.3 Å². The molecule has 1 rings (SSSR count). The van der Waals surface area contributed by atoms with E-state index in [4.69, 9.17) is 11.6 Å². The molecule has 5 heteroatoms. The molecule has 0 radical (unpaired) electrons. The number of alkyl halides is 4. The molecule has 0 unspecified atom stereocenters. The van der Waals surface area contributed by atoms with Gasteiger partial charge in [-0.2, -0.15) is 13.2 Å². The van der Waals surface area contributed by atoms with Gasteiger partial charge in [0.05, 0.1) is 0 Å². The lowest BCUT2D eigenvalue weighted by molar-refractivity contribution is -0.119. The Hall–Kier alpha value is -0.900. The standard InChI is InChI=1S/C10H11ClF3N/c1-15(7-10(12,13)14)9-4-2-8(6-11)3-5-9/h2-5H,6-7H2,1H3. The predicted octanol–water partition coefficient (Wildman–Crippen LogP) is 3.42. The smallest absolute Gasteiger partial charge is 0.366 e. The molecule has 0 aliphatic heterocycles. The van der Waals surface area contributed by atoms with Crippen molar-refractivity contribution in [3.63, 3.8) is 0 Å². The fraction of sp³-hybridized carbons (Fsp3) is 0.400. The topological polar surface area (TPSA) is 3.24 Å². The van der Waals surface area contributed by atoms with Gasteiger partial charge in [-0.3, -0.25) is 0 Å². The Balaban J connectivity index is 2.70. The molecule has 0 aliphatic carbocycles. The molecule has 15 heavy (non-hydrogen) atoms. The summed E-state index contributed by atoms with van der Waals surface area (Å²) < 4.78 is 36.2. The van der Waals surface area contributed by atoms with E-state index in [1.807, 2.05) is 0 Å². The highest BCUT2D eigenvalue weighted by Gasteiger charge is 2.29. The van der Waals surface area contributed by atoms with Gasteiger partial charge in [-0.25, -0.2) is 0 Å². The van der Waals surface area contributed by atoms with Crippen molar-refractivity contribution < 1.29 is 13.2 Å². The van der Waals surface area contributed by atoms with Gasteiger partial charge >= 0.3 is 6.18 Å². The van der Waals surface area contributed by atoms with Crippen LogP contribution in [0.1, 0.15) is 5.56 Å². The van der Waals surface area contributed by atoms with E-state index < -0.39 is 12.7 Å². The lowest BCUT2D eigenvalue weighted by atomic mass is 10.2. The van der Waals surface area contributed by atoms with E-state index in [1.165, 1.54) is 7.05 Å². The lowest BCUT2D eigenvalue weighted by Gasteiger charge is -2.20. The van der Waals surface area contributed by atoms with Crippen molar-refractivity contribution >= 4 is 17.3 Å². The molecule has 1 aromatic rings. The Morgan fingerprint density at radius 1 is 1.20 bits per heavy atom. The zero-order valence-corrected chi connectivity index (χ0v) is 8.94. The van der Waals surface area contributed by atoms with E-state index in [0.717, 1.165) is 10.5 Å². The first-order valence-electron chi connectivity index (χ1n) is 4.35. The number of halogens is 4. The molecule has 0 fully saturated rings. The first kappa shape index (κ1) is 12.2. The third kappa shape index (κ3) is 4.00. The Bertz CT molecular complexity index is 307. The largest absolute Gasteiger partial charge is 0.405 e. The minimum absolute atomic E-state index is 0.364. The predicted molar refractivity (Wildman–Crippen MR) is 55.3 cm³/mol. The molecule has 0 atom stereocenters. The van der Waals surface area contributed by atoms with Crippen LogP contribution in [0.3, 0.4) is 0 Å². The monoisotopic (exact) mass is 237 g/mol. The Morgan fingerprint density at radius 3 is 2.13 bits per heavy atom. The SMILES string of the molecule is CN(CC(F)(F)F)c1ccc(CCl)cc1. The van der Waals surface area contributed by atoms with Crippen molar-refractivity contribution in [1.82, 2.24) is 0 Å². The van der Waals surface area contributed by atoms with Crippen molar-refractivity contribution in [2.75, 3.05) is 18.5 Å². The maximum absolute atomic E-state index is 12.1. The van der Waals surface area contributed by atoms with Gasteiger partial charge in [0.15, 0.2) is 0 Å². The molecule has 84 valence electrons.